The van der Waals surface area contributed by atoms with Gasteiger partial charge in [0.1, 0.15) is 5.76 Å². The number of nitrogens with one attached hydrogen (secondary N) is 2. The van der Waals surface area contributed by atoms with Crippen molar-refractivity contribution in [2.24, 2.45) is 0 Å². The molecule has 2 aromatic carbocycles. The third-order valence-electron chi connectivity index (χ3n) is 4.55. The van der Waals surface area contributed by atoms with E-state index >= 15 is 0 Å². The van der Waals surface area contributed by atoms with E-state index in [4.69, 9.17) is 20.8 Å². The third kappa shape index (κ3) is 4.55. The molecule has 4 rings (SSSR count). The molecule has 1 atom stereocenters. The van der Waals surface area contributed by atoms with Gasteiger partial charge in [0.25, 0.3) is 11.8 Å². The van der Waals surface area contributed by atoms with E-state index < -0.39 is 5.91 Å². The van der Waals surface area contributed by atoms with Crippen LogP contribution < -0.4 is 15.4 Å². The molecular weight excluding hydrogens is 404 g/mol. The van der Waals surface area contributed by atoms with Crippen molar-refractivity contribution in [2.45, 2.75) is 19.4 Å². The molecule has 1 aliphatic rings. The first-order valence-corrected chi connectivity index (χ1v) is 9.79. The van der Waals surface area contributed by atoms with Crippen molar-refractivity contribution < 1.29 is 18.7 Å². The highest BCUT2D eigenvalue weighted by Crippen LogP contribution is 2.32. The fourth-order valence-electron chi connectivity index (χ4n) is 3.14. The smallest absolute Gasteiger partial charge is 0.291 e. The average Bonchev–Trinajstić information content (AvgIpc) is 3.21. The lowest BCUT2D eigenvalue weighted by molar-refractivity contribution is -0.115. The van der Waals surface area contributed by atoms with Crippen molar-refractivity contribution in [3.8, 4) is 5.75 Å². The Morgan fingerprint density at radius 3 is 2.83 bits per heavy atom. The van der Waals surface area contributed by atoms with Crippen LogP contribution in [0, 0.1) is 0 Å². The number of hydrogen-bond donors (Lipinski definition) is 2. The summed E-state index contributed by atoms with van der Waals surface area (Å²) in [6, 6.07) is 15.6. The fraction of sp³-hybridized carbons (Fsp3) is 0.130. The van der Waals surface area contributed by atoms with E-state index in [2.05, 4.69) is 10.6 Å². The minimum Gasteiger partial charge on any atom is -0.469 e. The number of anilines is 1. The zero-order valence-corrected chi connectivity index (χ0v) is 16.9. The van der Waals surface area contributed by atoms with E-state index in [1.54, 1.807) is 48.7 Å². The number of carbonyl (C=O) groups excluding carboxylic acids is 2. The molecule has 0 saturated carbocycles. The van der Waals surface area contributed by atoms with Crippen LogP contribution in [0.2, 0.25) is 5.02 Å². The number of ether oxygens (including phenoxy) is 1. The molecule has 30 heavy (non-hydrogen) atoms. The molecule has 0 fully saturated rings. The maximum Gasteiger partial charge on any atom is 0.291 e. The quantitative estimate of drug-likeness (QED) is 0.586. The van der Waals surface area contributed by atoms with Crippen LogP contribution in [-0.4, -0.2) is 17.9 Å². The number of rotatable bonds is 5. The predicted octanol–water partition coefficient (Wildman–Crippen LogP) is 4.67. The van der Waals surface area contributed by atoms with E-state index in [0.717, 1.165) is 11.3 Å². The van der Waals surface area contributed by atoms with Gasteiger partial charge < -0.3 is 19.8 Å². The second-order valence-corrected chi connectivity index (χ2v) is 7.43. The Morgan fingerprint density at radius 1 is 1.20 bits per heavy atom. The molecule has 3 aromatic rings. The normalized spacial score (nSPS) is 15.1. The topological polar surface area (TPSA) is 80.6 Å². The Kier molecular flexibility index (Phi) is 5.59. The van der Waals surface area contributed by atoms with Gasteiger partial charge in [-0.3, -0.25) is 9.59 Å². The first-order chi connectivity index (χ1) is 14.5. The van der Waals surface area contributed by atoms with Crippen molar-refractivity contribution in [1.82, 2.24) is 5.32 Å². The van der Waals surface area contributed by atoms with Crippen LogP contribution in [-0.2, 0) is 11.2 Å². The first kappa shape index (κ1) is 19.8. The van der Waals surface area contributed by atoms with Gasteiger partial charge in [-0.05, 0) is 61.0 Å². The van der Waals surface area contributed by atoms with Crippen LogP contribution in [0.3, 0.4) is 0 Å². The summed E-state index contributed by atoms with van der Waals surface area (Å²) >= 11 is 5.99. The Bertz CT molecular complexity index is 1120. The SMILES string of the molecule is C[C@H](Cc1ccco1)NC(=O)c1ccc2c(c1)NC(=O)/C(=C/c1cccc(Cl)c1)O2. The molecule has 1 aromatic heterocycles. The minimum absolute atomic E-state index is 0.113. The largest absolute Gasteiger partial charge is 0.469 e. The second-order valence-electron chi connectivity index (χ2n) is 6.99. The number of fused-ring (bicyclic) bond motifs is 1. The molecule has 0 saturated heterocycles. The summed E-state index contributed by atoms with van der Waals surface area (Å²) in [6.45, 7) is 1.90. The third-order valence-corrected chi connectivity index (χ3v) is 4.78. The standard InChI is InChI=1S/C23H19ClN2O4/c1-14(10-18-6-3-9-29-18)25-22(27)16-7-8-20-19(13-16)26-23(28)21(30-20)12-15-4-2-5-17(24)11-15/h2-9,11-14H,10H2,1H3,(H,25,27)(H,26,28)/b21-12-/t14-/m1/s1. The molecule has 7 heteroatoms. The number of benzene rings is 2. The van der Waals surface area contributed by atoms with Gasteiger partial charge in [0, 0.05) is 23.0 Å². The summed E-state index contributed by atoms with van der Waals surface area (Å²) in [6.07, 6.45) is 3.80. The van der Waals surface area contributed by atoms with Gasteiger partial charge in [0.05, 0.1) is 12.0 Å². The average molecular weight is 423 g/mol. The van der Waals surface area contributed by atoms with E-state index in [1.807, 2.05) is 25.1 Å². The van der Waals surface area contributed by atoms with Gasteiger partial charge >= 0.3 is 0 Å². The maximum absolute atomic E-state index is 12.6. The van der Waals surface area contributed by atoms with Crippen LogP contribution in [0.4, 0.5) is 5.69 Å². The molecular formula is C23H19ClN2O4. The number of halogens is 1. The first-order valence-electron chi connectivity index (χ1n) is 9.42. The molecule has 1 aliphatic heterocycles. The zero-order valence-electron chi connectivity index (χ0n) is 16.1. The van der Waals surface area contributed by atoms with Gasteiger partial charge in [-0.2, -0.15) is 0 Å². The van der Waals surface area contributed by atoms with Crippen LogP contribution in [0.5, 0.6) is 5.75 Å². The monoisotopic (exact) mass is 422 g/mol. The van der Waals surface area contributed by atoms with Gasteiger partial charge in [-0.1, -0.05) is 23.7 Å². The molecule has 0 radical (unpaired) electrons. The van der Waals surface area contributed by atoms with Gasteiger partial charge in [-0.15, -0.1) is 0 Å². The van der Waals surface area contributed by atoms with Gasteiger partial charge in [0.15, 0.2) is 11.5 Å². The van der Waals surface area contributed by atoms with Crippen LogP contribution in [0.15, 0.2) is 71.0 Å². The molecule has 6 nitrogen and oxygen atoms in total. The van der Waals surface area contributed by atoms with Crippen molar-refractivity contribution >= 4 is 35.2 Å². The van der Waals surface area contributed by atoms with E-state index in [9.17, 15) is 9.59 Å². The Hall–Kier alpha value is -3.51. The Morgan fingerprint density at radius 2 is 2.07 bits per heavy atom. The highest BCUT2D eigenvalue weighted by molar-refractivity contribution is 6.30. The zero-order chi connectivity index (χ0) is 21.1. The summed E-state index contributed by atoms with van der Waals surface area (Å²) in [5.41, 5.74) is 1.61. The Balaban J connectivity index is 1.47. The highest BCUT2D eigenvalue weighted by atomic mass is 35.5. The van der Waals surface area contributed by atoms with E-state index in [0.29, 0.717) is 28.4 Å². The lowest BCUT2D eigenvalue weighted by atomic mass is 10.1. The van der Waals surface area contributed by atoms with Crippen molar-refractivity contribution in [3.63, 3.8) is 0 Å². The molecule has 0 unspecified atom stereocenters. The molecule has 2 N–H and O–H groups in total. The maximum atomic E-state index is 12.6. The summed E-state index contributed by atoms with van der Waals surface area (Å²) in [4.78, 5) is 25.0. The molecule has 0 spiro atoms. The van der Waals surface area contributed by atoms with E-state index in [1.165, 1.54) is 0 Å². The van der Waals surface area contributed by atoms with Crippen LogP contribution >= 0.6 is 11.6 Å². The summed E-state index contributed by atoms with van der Waals surface area (Å²) in [5.74, 6) is 0.766. The highest BCUT2D eigenvalue weighted by Gasteiger charge is 2.23. The lowest BCUT2D eigenvalue weighted by Crippen LogP contribution is -2.34. The number of furan rings is 1. The summed E-state index contributed by atoms with van der Waals surface area (Å²) < 4.78 is 11.0. The van der Waals surface area contributed by atoms with Crippen molar-refractivity contribution in [1.29, 1.82) is 0 Å². The van der Waals surface area contributed by atoms with Gasteiger partial charge in [0.2, 0.25) is 0 Å². The number of hydrogen-bond acceptors (Lipinski definition) is 4. The fourth-order valence-corrected chi connectivity index (χ4v) is 3.34. The molecule has 152 valence electrons. The summed E-state index contributed by atoms with van der Waals surface area (Å²) in [5, 5.41) is 6.26. The molecule has 2 amide bonds. The van der Waals surface area contributed by atoms with Crippen LogP contribution in [0.25, 0.3) is 6.08 Å². The number of amides is 2. The van der Waals surface area contributed by atoms with Crippen molar-refractivity contribution in [2.75, 3.05) is 5.32 Å². The summed E-state index contributed by atoms with van der Waals surface area (Å²) in [7, 11) is 0. The second kappa shape index (κ2) is 8.47. The lowest BCUT2D eigenvalue weighted by Gasteiger charge is -2.21. The predicted molar refractivity (Wildman–Crippen MR) is 114 cm³/mol. The Labute approximate surface area is 178 Å². The molecule has 0 bridgehead atoms. The molecule has 2 heterocycles. The van der Waals surface area contributed by atoms with E-state index in [-0.39, 0.29) is 17.7 Å². The minimum atomic E-state index is -0.397. The van der Waals surface area contributed by atoms with Crippen LogP contribution in [0.1, 0.15) is 28.6 Å². The van der Waals surface area contributed by atoms with Gasteiger partial charge in [-0.25, -0.2) is 0 Å². The van der Waals surface area contributed by atoms with Crippen molar-refractivity contribution in [3.05, 3.63) is 88.5 Å². The molecule has 0 aliphatic carbocycles. The number of carbonyl (C=O) groups is 2.